The van der Waals surface area contributed by atoms with Crippen molar-refractivity contribution >= 4 is 36.0 Å². The summed E-state index contributed by atoms with van der Waals surface area (Å²) >= 11 is 0. The fraction of sp³-hybridized carbons (Fsp3) is 0.875. The van der Waals surface area contributed by atoms with E-state index in [0.717, 1.165) is 25.5 Å². The molecule has 138 valence electrons. The molecule has 0 rings (SSSR count). The molecule has 0 aliphatic carbocycles. The number of rotatable bonds is 6. The fourth-order valence-electron chi connectivity index (χ4n) is 2.01. The summed E-state index contributed by atoms with van der Waals surface area (Å²) in [6.07, 6.45) is 0.475. The van der Waals surface area contributed by atoms with Gasteiger partial charge in [-0.25, -0.2) is 4.79 Å². The van der Waals surface area contributed by atoms with Crippen LogP contribution in [0.4, 0.5) is 4.79 Å². The van der Waals surface area contributed by atoms with Gasteiger partial charge in [0.05, 0.1) is 0 Å². The number of hydrogen-bond acceptors (Lipinski definition) is 3. The Kier molecular flexibility index (Phi) is 12.5. The van der Waals surface area contributed by atoms with Gasteiger partial charge in [-0.05, 0) is 40.0 Å². The van der Waals surface area contributed by atoms with Gasteiger partial charge in [-0.1, -0.05) is 13.8 Å². The lowest BCUT2D eigenvalue weighted by molar-refractivity contribution is 0.0486. The van der Waals surface area contributed by atoms with Crippen molar-refractivity contribution < 1.29 is 9.53 Å². The molecule has 0 heterocycles. The Morgan fingerprint density at radius 2 is 1.87 bits per heavy atom. The maximum atomic E-state index is 11.9. The molecular formula is C16H35IN4O2. The van der Waals surface area contributed by atoms with Crippen molar-refractivity contribution in [1.82, 2.24) is 15.5 Å². The Hall–Kier alpha value is -0.730. The number of carbonyl (C=O) groups excluding carboxylic acids is 1. The highest BCUT2D eigenvalue weighted by Gasteiger charge is 2.21. The van der Waals surface area contributed by atoms with Crippen LogP contribution in [0.25, 0.3) is 0 Å². The molecule has 7 heteroatoms. The molecule has 0 aliphatic rings. The smallest absolute Gasteiger partial charge is 0.407 e. The number of nitrogens with zero attached hydrogens (tertiary/aromatic N) is 2. The molecule has 2 N–H and O–H groups in total. The summed E-state index contributed by atoms with van der Waals surface area (Å²) in [6.45, 7) is 13.5. The molecule has 0 aromatic rings. The number of amides is 1. The van der Waals surface area contributed by atoms with Crippen LogP contribution in [-0.4, -0.2) is 55.8 Å². The number of alkyl carbamates (subject to hydrolysis) is 1. The number of ether oxygens (including phenoxy) is 1. The van der Waals surface area contributed by atoms with E-state index in [0.29, 0.717) is 5.92 Å². The Morgan fingerprint density at radius 3 is 2.26 bits per heavy atom. The van der Waals surface area contributed by atoms with Gasteiger partial charge in [-0.15, -0.1) is 24.0 Å². The van der Waals surface area contributed by atoms with Crippen LogP contribution in [0.5, 0.6) is 0 Å². The van der Waals surface area contributed by atoms with Gasteiger partial charge < -0.3 is 20.3 Å². The van der Waals surface area contributed by atoms with Crippen molar-refractivity contribution in [3.63, 3.8) is 0 Å². The molecule has 0 radical (unpaired) electrons. The second-order valence-corrected chi connectivity index (χ2v) is 6.78. The van der Waals surface area contributed by atoms with Crippen LogP contribution in [0.2, 0.25) is 0 Å². The zero-order chi connectivity index (χ0) is 17.3. The van der Waals surface area contributed by atoms with E-state index >= 15 is 0 Å². The maximum Gasteiger partial charge on any atom is 0.407 e. The van der Waals surface area contributed by atoms with Crippen LogP contribution < -0.4 is 10.6 Å². The van der Waals surface area contributed by atoms with Crippen molar-refractivity contribution in [3.8, 4) is 0 Å². The van der Waals surface area contributed by atoms with E-state index in [1.54, 1.807) is 7.05 Å². The van der Waals surface area contributed by atoms with Crippen LogP contribution in [0, 0.1) is 5.92 Å². The quantitative estimate of drug-likeness (QED) is 0.377. The lowest BCUT2D eigenvalue weighted by Crippen LogP contribution is -2.45. The summed E-state index contributed by atoms with van der Waals surface area (Å²) in [5.41, 5.74) is -0.477. The van der Waals surface area contributed by atoms with Gasteiger partial charge in [0.25, 0.3) is 0 Å². The number of halogens is 1. The van der Waals surface area contributed by atoms with Crippen LogP contribution in [0.3, 0.4) is 0 Å². The van der Waals surface area contributed by atoms with Crippen LogP contribution in [0.15, 0.2) is 4.99 Å². The minimum absolute atomic E-state index is 0. The molecule has 0 aliphatic heterocycles. The van der Waals surface area contributed by atoms with Crippen molar-refractivity contribution in [2.24, 2.45) is 10.9 Å². The molecular weight excluding hydrogens is 407 g/mol. The van der Waals surface area contributed by atoms with Crippen molar-refractivity contribution in [2.75, 3.05) is 27.2 Å². The zero-order valence-corrected chi connectivity index (χ0v) is 18.2. The second kappa shape index (κ2) is 11.8. The summed E-state index contributed by atoms with van der Waals surface area (Å²) in [7, 11) is 3.77. The molecule has 23 heavy (non-hydrogen) atoms. The van der Waals surface area contributed by atoms with E-state index in [2.05, 4.69) is 34.4 Å². The Labute approximate surface area is 158 Å². The number of guanidine groups is 1. The standard InChI is InChI=1S/C16H34N4O2.HI/c1-9-18-14(17-7)20(8)11-10-13(12(2)3)19-15(21)22-16(4,5)6;/h12-13H,9-11H2,1-8H3,(H,17,18)(H,19,21);1H. The van der Waals surface area contributed by atoms with Gasteiger partial charge in [0, 0.05) is 33.2 Å². The predicted octanol–water partition coefficient (Wildman–Crippen LogP) is 3.07. The first-order valence-corrected chi connectivity index (χ1v) is 8.02. The monoisotopic (exact) mass is 442 g/mol. The molecule has 0 bridgehead atoms. The first kappa shape index (κ1) is 24.5. The zero-order valence-electron chi connectivity index (χ0n) is 15.9. The summed E-state index contributed by atoms with van der Waals surface area (Å²) in [4.78, 5) is 18.2. The first-order chi connectivity index (χ1) is 10.1. The topological polar surface area (TPSA) is 66.0 Å². The normalized spacial score (nSPS) is 13.2. The van der Waals surface area contributed by atoms with E-state index in [9.17, 15) is 4.79 Å². The largest absolute Gasteiger partial charge is 0.444 e. The van der Waals surface area contributed by atoms with E-state index in [1.807, 2.05) is 34.7 Å². The van der Waals surface area contributed by atoms with Gasteiger partial charge in [-0.3, -0.25) is 4.99 Å². The summed E-state index contributed by atoms with van der Waals surface area (Å²) < 4.78 is 5.33. The van der Waals surface area contributed by atoms with Gasteiger partial charge in [-0.2, -0.15) is 0 Å². The van der Waals surface area contributed by atoms with E-state index < -0.39 is 5.60 Å². The highest BCUT2D eigenvalue weighted by Crippen LogP contribution is 2.11. The third-order valence-corrected chi connectivity index (χ3v) is 3.19. The second-order valence-electron chi connectivity index (χ2n) is 6.78. The highest BCUT2D eigenvalue weighted by atomic mass is 127. The predicted molar refractivity (Wildman–Crippen MR) is 108 cm³/mol. The summed E-state index contributed by atoms with van der Waals surface area (Å²) in [5.74, 6) is 1.20. The molecule has 0 fully saturated rings. The number of aliphatic imine (C=N–C) groups is 1. The molecule has 0 spiro atoms. The van der Waals surface area contributed by atoms with E-state index in [-0.39, 0.29) is 36.1 Å². The van der Waals surface area contributed by atoms with Gasteiger partial charge >= 0.3 is 6.09 Å². The average Bonchev–Trinajstić information content (AvgIpc) is 2.37. The van der Waals surface area contributed by atoms with Gasteiger partial charge in [0.1, 0.15) is 5.60 Å². The fourth-order valence-corrected chi connectivity index (χ4v) is 2.01. The molecule has 0 aromatic heterocycles. The number of hydrogen-bond donors (Lipinski definition) is 2. The highest BCUT2D eigenvalue weighted by molar-refractivity contribution is 14.0. The van der Waals surface area contributed by atoms with E-state index in [1.165, 1.54) is 0 Å². The Bertz CT molecular complexity index is 368. The lowest BCUT2D eigenvalue weighted by Gasteiger charge is -2.28. The molecule has 1 atom stereocenters. The Morgan fingerprint density at radius 1 is 1.30 bits per heavy atom. The number of carbonyl (C=O) groups is 1. The van der Waals surface area contributed by atoms with Crippen molar-refractivity contribution in [1.29, 1.82) is 0 Å². The van der Waals surface area contributed by atoms with Gasteiger partial charge in [0.2, 0.25) is 0 Å². The minimum atomic E-state index is -0.477. The molecule has 0 aromatic carbocycles. The Balaban J connectivity index is 0. The molecule has 0 saturated carbocycles. The summed E-state index contributed by atoms with van der Waals surface area (Å²) in [5, 5.41) is 6.19. The number of nitrogens with one attached hydrogen (secondary N) is 2. The minimum Gasteiger partial charge on any atom is -0.444 e. The average molecular weight is 442 g/mol. The molecule has 1 unspecified atom stereocenters. The van der Waals surface area contributed by atoms with Crippen LogP contribution in [0.1, 0.15) is 48.0 Å². The van der Waals surface area contributed by atoms with Crippen molar-refractivity contribution in [3.05, 3.63) is 0 Å². The molecule has 6 nitrogen and oxygen atoms in total. The third-order valence-electron chi connectivity index (χ3n) is 3.19. The lowest BCUT2D eigenvalue weighted by atomic mass is 10.0. The van der Waals surface area contributed by atoms with E-state index in [4.69, 9.17) is 4.74 Å². The molecule has 1 amide bonds. The maximum absolute atomic E-state index is 11.9. The van der Waals surface area contributed by atoms with Crippen molar-refractivity contribution in [2.45, 2.75) is 59.6 Å². The summed E-state index contributed by atoms with van der Waals surface area (Å²) in [6, 6.07) is 0.0667. The third kappa shape index (κ3) is 11.4. The van der Waals surface area contributed by atoms with Crippen LogP contribution >= 0.6 is 24.0 Å². The SMILES string of the molecule is CCNC(=NC)N(C)CCC(NC(=O)OC(C)(C)C)C(C)C.I. The molecule has 0 saturated heterocycles. The first-order valence-electron chi connectivity index (χ1n) is 8.02. The van der Waals surface area contributed by atoms with Gasteiger partial charge in [0.15, 0.2) is 5.96 Å². The van der Waals surface area contributed by atoms with Crippen LogP contribution in [-0.2, 0) is 4.74 Å².